The highest BCUT2D eigenvalue weighted by molar-refractivity contribution is 9.10. The van der Waals surface area contributed by atoms with Crippen LogP contribution in [0, 0.1) is 6.92 Å². The molecule has 0 spiro atoms. The minimum atomic E-state index is -0.136. The summed E-state index contributed by atoms with van der Waals surface area (Å²) < 4.78 is 12.1. The van der Waals surface area contributed by atoms with Crippen LogP contribution in [0.2, 0.25) is 5.02 Å². The molecule has 6 nitrogen and oxygen atoms in total. The number of rotatable bonds is 4. The van der Waals surface area contributed by atoms with Crippen LogP contribution in [0.4, 0.5) is 0 Å². The van der Waals surface area contributed by atoms with Crippen molar-refractivity contribution in [2.45, 2.75) is 19.4 Å². The molecule has 1 amide bonds. The van der Waals surface area contributed by atoms with Gasteiger partial charge in [0.25, 0.3) is 5.91 Å². The Morgan fingerprint density at radius 3 is 2.89 bits per heavy atom. The zero-order valence-corrected chi connectivity index (χ0v) is 17.4. The van der Waals surface area contributed by atoms with Gasteiger partial charge < -0.3 is 14.2 Å². The lowest BCUT2D eigenvalue weighted by atomic mass is 10.1. The molecule has 1 fully saturated rings. The molecule has 1 saturated heterocycles. The lowest BCUT2D eigenvalue weighted by Gasteiger charge is -2.17. The Balaban J connectivity index is 1.52. The highest BCUT2D eigenvalue weighted by Gasteiger charge is 2.33. The third-order valence-corrected chi connectivity index (χ3v) is 5.42. The van der Waals surface area contributed by atoms with Crippen LogP contribution in [-0.4, -0.2) is 40.1 Å². The quantitative estimate of drug-likeness (QED) is 0.559. The summed E-state index contributed by atoms with van der Waals surface area (Å²) in [6, 6.07) is 10.9. The molecule has 2 aromatic heterocycles. The number of carbonyl (C=O) groups excluding carboxylic acids is 1. The summed E-state index contributed by atoms with van der Waals surface area (Å²) in [6.07, 6.45) is 2.31. The van der Waals surface area contributed by atoms with Gasteiger partial charge in [0.1, 0.15) is 23.1 Å². The maximum absolute atomic E-state index is 13.2. The first-order chi connectivity index (χ1) is 13.5. The Morgan fingerprint density at radius 1 is 1.32 bits per heavy atom. The predicted octanol–water partition coefficient (Wildman–Crippen LogP) is 4.75. The van der Waals surface area contributed by atoms with Crippen molar-refractivity contribution in [3.8, 4) is 17.1 Å². The van der Waals surface area contributed by atoms with Gasteiger partial charge in [-0.25, -0.2) is 4.98 Å². The molecule has 1 atom stereocenters. The van der Waals surface area contributed by atoms with Gasteiger partial charge in [0.2, 0.25) is 5.88 Å². The van der Waals surface area contributed by atoms with Gasteiger partial charge in [0, 0.05) is 35.3 Å². The minimum absolute atomic E-state index is 0.110. The van der Waals surface area contributed by atoms with Crippen molar-refractivity contribution in [3.05, 3.63) is 63.4 Å². The number of benzene rings is 1. The Hall–Kier alpha value is -2.38. The van der Waals surface area contributed by atoms with E-state index >= 15 is 0 Å². The number of amides is 1. The van der Waals surface area contributed by atoms with Crippen LogP contribution in [0.25, 0.3) is 11.3 Å². The summed E-state index contributed by atoms with van der Waals surface area (Å²) in [5, 5.41) is 4.60. The van der Waals surface area contributed by atoms with E-state index in [0.29, 0.717) is 46.6 Å². The van der Waals surface area contributed by atoms with Gasteiger partial charge in [0.05, 0.1) is 11.6 Å². The van der Waals surface area contributed by atoms with Crippen molar-refractivity contribution in [1.29, 1.82) is 0 Å². The number of aromatic nitrogens is 2. The van der Waals surface area contributed by atoms with Crippen LogP contribution < -0.4 is 4.74 Å². The van der Waals surface area contributed by atoms with Crippen LogP contribution in [0.3, 0.4) is 0 Å². The van der Waals surface area contributed by atoms with E-state index in [-0.39, 0.29) is 12.0 Å². The lowest BCUT2D eigenvalue weighted by molar-refractivity contribution is 0.0770. The van der Waals surface area contributed by atoms with E-state index in [9.17, 15) is 4.79 Å². The van der Waals surface area contributed by atoms with Crippen LogP contribution in [-0.2, 0) is 0 Å². The monoisotopic (exact) mass is 461 g/mol. The summed E-state index contributed by atoms with van der Waals surface area (Å²) in [7, 11) is 0. The van der Waals surface area contributed by atoms with Gasteiger partial charge in [-0.1, -0.05) is 35.0 Å². The topological polar surface area (TPSA) is 68.5 Å². The second kappa shape index (κ2) is 7.93. The molecular formula is C20H17BrClN3O3. The molecule has 28 heavy (non-hydrogen) atoms. The zero-order chi connectivity index (χ0) is 19.7. The van der Waals surface area contributed by atoms with Crippen molar-refractivity contribution < 1.29 is 14.1 Å². The summed E-state index contributed by atoms with van der Waals surface area (Å²) in [5.74, 6) is 0.878. The van der Waals surface area contributed by atoms with Gasteiger partial charge in [-0.2, -0.15) is 0 Å². The van der Waals surface area contributed by atoms with Crippen molar-refractivity contribution >= 4 is 33.4 Å². The molecule has 0 bridgehead atoms. The zero-order valence-electron chi connectivity index (χ0n) is 15.1. The number of pyridine rings is 1. The van der Waals surface area contributed by atoms with E-state index in [4.69, 9.17) is 20.9 Å². The highest BCUT2D eigenvalue weighted by atomic mass is 79.9. The first-order valence-electron chi connectivity index (χ1n) is 8.81. The number of likely N-dealkylation sites (tertiary alicyclic amines) is 1. The maximum atomic E-state index is 13.2. The Bertz CT molecular complexity index is 1010. The third-order valence-electron chi connectivity index (χ3n) is 4.63. The van der Waals surface area contributed by atoms with Crippen LogP contribution in [0.1, 0.15) is 22.5 Å². The van der Waals surface area contributed by atoms with E-state index in [1.165, 1.54) is 0 Å². The summed E-state index contributed by atoms with van der Waals surface area (Å²) in [5.41, 5.74) is 1.58. The largest absolute Gasteiger partial charge is 0.472 e. The first-order valence-corrected chi connectivity index (χ1v) is 9.98. The van der Waals surface area contributed by atoms with Crippen LogP contribution >= 0.6 is 27.5 Å². The first kappa shape index (κ1) is 19.0. The number of halogens is 2. The molecule has 3 heterocycles. The average Bonchev–Trinajstić information content (AvgIpc) is 3.30. The fourth-order valence-corrected chi connectivity index (χ4v) is 3.69. The van der Waals surface area contributed by atoms with E-state index in [2.05, 4.69) is 26.1 Å². The molecule has 0 radical (unpaired) electrons. The standard InChI is InChI=1S/C20H17BrClN3O3/c1-12-18(19(24-28-12)15-4-2-3-5-16(15)22)20(26)25-9-8-14(11-25)27-17-7-6-13(21)10-23-17/h2-7,10,14H,8-9,11H2,1H3. The fraction of sp³-hybridized carbons (Fsp3) is 0.250. The molecule has 144 valence electrons. The summed E-state index contributed by atoms with van der Waals surface area (Å²) in [6.45, 7) is 2.80. The molecule has 4 rings (SSSR count). The number of carbonyl (C=O) groups is 1. The van der Waals surface area contributed by atoms with Gasteiger partial charge in [-0.05, 0) is 35.0 Å². The molecule has 8 heteroatoms. The maximum Gasteiger partial charge on any atom is 0.259 e. The van der Waals surface area contributed by atoms with Gasteiger partial charge in [-0.15, -0.1) is 0 Å². The smallest absolute Gasteiger partial charge is 0.259 e. The van der Waals surface area contributed by atoms with E-state index in [1.807, 2.05) is 24.3 Å². The van der Waals surface area contributed by atoms with Crippen molar-refractivity contribution in [2.75, 3.05) is 13.1 Å². The number of nitrogens with zero attached hydrogens (tertiary/aromatic N) is 3. The lowest BCUT2D eigenvalue weighted by Crippen LogP contribution is -2.31. The molecule has 1 aliphatic rings. The summed E-state index contributed by atoms with van der Waals surface area (Å²) in [4.78, 5) is 19.2. The van der Waals surface area contributed by atoms with Gasteiger partial charge in [-0.3, -0.25) is 4.79 Å². The van der Waals surface area contributed by atoms with Crippen LogP contribution in [0.5, 0.6) is 5.88 Å². The molecule has 1 aromatic carbocycles. The Labute approximate surface area is 175 Å². The molecule has 0 N–H and O–H groups in total. The van der Waals surface area contributed by atoms with E-state index in [1.54, 1.807) is 30.2 Å². The third kappa shape index (κ3) is 3.77. The Kier molecular flexibility index (Phi) is 5.37. The van der Waals surface area contributed by atoms with Crippen molar-refractivity contribution in [3.63, 3.8) is 0 Å². The molecule has 0 aliphatic carbocycles. The summed E-state index contributed by atoms with van der Waals surface area (Å²) >= 11 is 9.64. The van der Waals surface area contributed by atoms with Crippen molar-refractivity contribution in [1.82, 2.24) is 15.0 Å². The molecule has 3 aromatic rings. The second-order valence-corrected chi connectivity index (χ2v) is 7.86. The number of aryl methyl sites for hydroxylation is 1. The predicted molar refractivity (Wildman–Crippen MR) is 109 cm³/mol. The van der Waals surface area contributed by atoms with E-state index in [0.717, 1.165) is 10.9 Å². The molecule has 1 aliphatic heterocycles. The molecule has 0 saturated carbocycles. The van der Waals surface area contributed by atoms with Crippen molar-refractivity contribution in [2.24, 2.45) is 0 Å². The highest BCUT2D eigenvalue weighted by Crippen LogP contribution is 2.32. The minimum Gasteiger partial charge on any atom is -0.472 e. The van der Waals surface area contributed by atoms with Gasteiger partial charge in [0.15, 0.2) is 0 Å². The molecule has 1 unspecified atom stereocenters. The number of ether oxygens (including phenoxy) is 1. The number of hydrogen-bond acceptors (Lipinski definition) is 5. The van der Waals surface area contributed by atoms with E-state index < -0.39 is 0 Å². The second-order valence-electron chi connectivity index (χ2n) is 6.54. The SMILES string of the molecule is Cc1onc(-c2ccccc2Cl)c1C(=O)N1CCC(Oc2ccc(Br)cn2)C1. The van der Waals surface area contributed by atoms with Crippen LogP contribution in [0.15, 0.2) is 51.6 Å². The van der Waals surface area contributed by atoms with Gasteiger partial charge >= 0.3 is 0 Å². The average molecular weight is 463 g/mol. The normalized spacial score (nSPS) is 16.4. The number of hydrogen-bond donors (Lipinski definition) is 0. The Morgan fingerprint density at radius 2 is 2.14 bits per heavy atom. The molecular weight excluding hydrogens is 446 g/mol. The fourth-order valence-electron chi connectivity index (χ4n) is 3.23.